The minimum Gasteiger partial charge on any atom is -0.337 e. The van der Waals surface area contributed by atoms with E-state index in [1.54, 1.807) is 18.2 Å². The maximum atomic E-state index is 12.4. The Hall–Kier alpha value is -1.94. The highest BCUT2D eigenvalue weighted by molar-refractivity contribution is 7.88. The second kappa shape index (κ2) is 6.28. The van der Waals surface area contributed by atoms with Gasteiger partial charge in [0, 0.05) is 0 Å². The number of benzene rings is 1. The SMILES string of the molecule is Cc1cccc(CS(=O)(=O)NC(C)c2nc(C(F)(F)F)no2)c1. The van der Waals surface area contributed by atoms with Crippen LogP contribution in [0.4, 0.5) is 13.2 Å². The molecule has 0 saturated heterocycles. The first-order chi connectivity index (χ1) is 10.6. The van der Waals surface area contributed by atoms with Gasteiger partial charge in [0.15, 0.2) is 0 Å². The van der Waals surface area contributed by atoms with E-state index in [4.69, 9.17) is 0 Å². The Morgan fingerprint density at radius 1 is 1.35 bits per heavy atom. The van der Waals surface area contributed by atoms with Crippen LogP contribution in [-0.2, 0) is 22.0 Å². The number of nitrogens with zero attached hydrogens (tertiary/aromatic N) is 2. The van der Waals surface area contributed by atoms with E-state index < -0.39 is 34.0 Å². The van der Waals surface area contributed by atoms with Gasteiger partial charge in [-0.1, -0.05) is 35.0 Å². The van der Waals surface area contributed by atoms with Crippen molar-refractivity contribution < 1.29 is 26.1 Å². The molecule has 126 valence electrons. The highest BCUT2D eigenvalue weighted by Crippen LogP contribution is 2.27. The van der Waals surface area contributed by atoms with Crippen LogP contribution in [0.15, 0.2) is 28.8 Å². The summed E-state index contributed by atoms with van der Waals surface area (Å²) in [7, 11) is -3.78. The molecule has 0 amide bonds. The van der Waals surface area contributed by atoms with Gasteiger partial charge in [-0.3, -0.25) is 0 Å². The molecular formula is C13H14F3N3O3S. The number of nitrogens with one attached hydrogen (secondary N) is 1. The summed E-state index contributed by atoms with van der Waals surface area (Å²) >= 11 is 0. The normalized spacial score (nSPS) is 14.0. The molecule has 2 aromatic rings. The molecule has 0 bridgehead atoms. The molecular weight excluding hydrogens is 335 g/mol. The van der Waals surface area contributed by atoms with Gasteiger partial charge < -0.3 is 4.52 Å². The first-order valence-electron chi connectivity index (χ1n) is 6.53. The van der Waals surface area contributed by atoms with Crippen LogP contribution in [0.5, 0.6) is 0 Å². The predicted molar refractivity (Wildman–Crippen MR) is 74.7 cm³/mol. The molecule has 1 unspecified atom stereocenters. The molecule has 0 spiro atoms. The zero-order chi connectivity index (χ0) is 17.3. The monoisotopic (exact) mass is 349 g/mol. The fourth-order valence-electron chi connectivity index (χ4n) is 1.91. The third-order valence-corrected chi connectivity index (χ3v) is 4.29. The highest BCUT2D eigenvalue weighted by atomic mass is 32.2. The number of aromatic nitrogens is 2. The lowest BCUT2D eigenvalue weighted by Crippen LogP contribution is -2.28. The summed E-state index contributed by atoms with van der Waals surface area (Å²) in [5.74, 6) is -2.21. The second-order valence-corrected chi connectivity index (χ2v) is 6.80. The zero-order valence-corrected chi connectivity index (χ0v) is 13.1. The van der Waals surface area contributed by atoms with Gasteiger partial charge in [-0.15, -0.1) is 0 Å². The van der Waals surface area contributed by atoms with Gasteiger partial charge >= 0.3 is 6.18 Å². The van der Waals surface area contributed by atoms with Crippen LogP contribution in [0.3, 0.4) is 0 Å². The molecule has 1 aromatic heterocycles. The first kappa shape index (κ1) is 17.4. The summed E-state index contributed by atoms with van der Waals surface area (Å²) < 4.78 is 68.0. The van der Waals surface area contributed by atoms with E-state index in [1.807, 2.05) is 13.0 Å². The fourth-order valence-corrected chi connectivity index (χ4v) is 3.25. The van der Waals surface area contributed by atoms with Crippen molar-refractivity contribution in [3.05, 3.63) is 47.1 Å². The Balaban J connectivity index is 2.09. The van der Waals surface area contributed by atoms with Crippen molar-refractivity contribution in [1.29, 1.82) is 0 Å². The first-order valence-corrected chi connectivity index (χ1v) is 8.18. The number of sulfonamides is 1. The van der Waals surface area contributed by atoms with Crippen LogP contribution in [0, 0.1) is 6.92 Å². The summed E-state index contributed by atoms with van der Waals surface area (Å²) in [5.41, 5.74) is 1.46. The lowest BCUT2D eigenvalue weighted by Gasteiger charge is -2.11. The Morgan fingerprint density at radius 3 is 2.61 bits per heavy atom. The standard InChI is InChI=1S/C13H14F3N3O3S/c1-8-4-3-5-10(6-8)7-23(20,21)19-9(2)11-17-12(18-22-11)13(14,15)16/h3-6,9,19H,7H2,1-2H3. The predicted octanol–water partition coefficient (Wildman–Crippen LogP) is 2.58. The minimum absolute atomic E-state index is 0.306. The van der Waals surface area contributed by atoms with E-state index >= 15 is 0 Å². The molecule has 0 aliphatic carbocycles. The van der Waals surface area contributed by atoms with Crippen LogP contribution in [0.1, 0.15) is 35.8 Å². The largest absolute Gasteiger partial charge is 0.455 e. The second-order valence-electron chi connectivity index (χ2n) is 5.04. The summed E-state index contributed by atoms with van der Waals surface area (Å²) in [6, 6.07) is 5.82. The number of halogens is 3. The van der Waals surface area contributed by atoms with Gasteiger partial charge in [-0.05, 0) is 19.4 Å². The molecule has 1 atom stereocenters. The van der Waals surface area contributed by atoms with E-state index in [0.717, 1.165) is 5.56 Å². The molecule has 1 N–H and O–H groups in total. The van der Waals surface area contributed by atoms with Gasteiger partial charge in [0.25, 0.3) is 5.82 Å². The Labute approximate surface area is 130 Å². The lowest BCUT2D eigenvalue weighted by atomic mass is 10.2. The number of aryl methyl sites for hydroxylation is 1. The minimum atomic E-state index is -4.75. The van der Waals surface area contributed by atoms with E-state index in [-0.39, 0.29) is 5.75 Å². The van der Waals surface area contributed by atoms with Crippen molar-refractivity contribution in [2.24, 2.45) is 0 Å². The van der Waals surface area contributed by atoms with E-state index in [9.17, 15) is 21.6 Å². The van der Waals surface area contributed by atoms with Crippen molar-refractivity contribution in [3.8, 4) is 0 Å². The molecule has 2 rings (SSSR count). The summed E-state index contributed by atoms with van der Waals surface area (Å²) in [5, 5.41) is 2.79. The van der Waals surface area contributed by atoms with Crippen LogP contribution >= 0.6 is 0 Å². The molecule has 10 heteroatoms. The molecule has 0 radical (unpaired) electrons. The molecule has 1 aromatic carbocycles. The summed E-state index contributed by atoms with van der Waals surface area (Å²) in [6.45, 7) is 3.14. The van der Waals surface area contributed by atoms with Crippen molar-refractivity contribution in [2.45, 2.75) is 31.8 Å². The molecule has 0 fully saturated rings. The Kier molecular flexibility index (Phi) is 4.76. The van der Waals surface area contributed by atoms with Crippen molar-refractivity contribution in [3.63, 3.8) is 0 Å². The maximum Gasteiger partial charge on any atom is 0.455 e. The van der Waals surface area contributed by atoms with Gasteiger partial charge in [-0.25, -0.2) is 13.1 Å². The van der Waals surface area contributed by atoms with Crippen molar-refractivity contribution in [2.75, 3.05) is 0 Å². The summed E-state index contributed by atoms with van der Waals surface area (Å²) in [6.07, 6.45) is -4.75. The van der Waals surface area contributed by atoms with E-state index in [2.05, 4.69) is 19.4 Å². The smallest absolute Gasteiger partial charge is 0.337 e. The topological polar surface area (TPSA) is 85.1 Å². The number of rotatable bonds is 5. The third-order valence-electron chi connectivity index (χ3n) is 2.86. The third kappa shape index (κ3) is 4.76. The van der Waals surface area contributed by atoms with Gasteiger partial charge in [-0.2, -0.15) is 18.2 Å². The molecule has 23 heavy (non-hydrogen) atoms. The quantitative estimate of drug-likeness (QED) is 0.897. The van der Waals surface area contributed by atoms with Crippen LogP contribution in [0.2, 0.25) is 0 Å². The fraction of sp³-hybridized carbons (Fsp3) is 0.385. The molecule has 0 aliphatic rings. The van der Waals surface area contributed by atoms with Crippen molar-refractivity contribution >= 4 is 10.0 Å². The molecule has 0 aliphatic heterocycles. The van der Waals surface area contributed by atoms with Gasteiger partial charge in [0.05, 0.1) is 11.8 Å². The lowest BCUT2D eigenvalue weighted by molar-refractivity contribution is -0.146. The number of alkyl halides is 3. The van der Waals surface area contributed by atoms with E-state index in [1.165, 1.54) is 6.92 Å². The van der Waals surface area contributed by atoms with Gasteiger partial charge in [0.1, 0.15) is 0 Å². The average Bonchev–Trinajstić information content (AvgIpc) is 2.86. The summed E-state index contributed by atoms with van der Waals surface area (Å²) in [4.78, 5) is 3.16. The molecule has 0 saturated carbocycles. The average molecular weight is 349 g/mol. The maximum absolute atomic E-state index is 12.4. The Morgan fingerprint density at radius 2 is 2.04 bits per heavy atom. The van der Waals surface area contributed by atoms with Crippen LogP contribution in [-0.4, -0.2) is 18.6 Å². The van der Waals surface area contributed by atoms with Crippen molar-refractivity contribution in [1.82, 2.24) is 14.9 Å². The number of hydrogen-bond donors (Lipinski definition) is 1. The zero-order valence-electron chi connectivity index (χ0n) is 12.3. The van der Waals surface area contributed by atoms with Crippen LogP contribution in [0.25, 0.3) is 0 Å². The highest BCUT2D eigenvalue weighted by Gasteiger charge is 2.38. The Bertz CT molecular complexity index is 787. The molecule has 1 heterocycles. The number of hydrogen-bond acceptors (Lipinski definition) is 5. The van der Waals surface area contributed by atoms with E-state index in [0.29, 0.717) is 5.56 Å². The van der Waals surface area contributed by atoms with Crippen LogP contribution < -0.4 is 4.72 Å². The molecule has 6 nitrogen and oxygen atoms in total. The van der Waals surface area contributed by atoms with Gasteiger partial charge in [0.2, 0.25) is 15.9 Å².